The van der Waals surface area contributed by atoms with E-state index in [1.807, 2.05) is 26.8 Å². The maximum absolute atomic E-state index is 14.2. The zero-order valence-corrected chi connectivity index (χ0v) is 23.1. The number of hydrogen-bond acceptors (Lipinski definition) is 4. The van der Waals surface area contributed by atoms with Crippen molar-refractivity contribution < 1.29 is 19.1 Å². The number of halogens is 1. The van der Waals surface area contributed by atoms with Gasteiger partial charge in [-0.2, -0.15) is 0 Å². The molecule has 1 spiro atoms. The molecule has 202 valence electrons. The van der Waals surface area contributed by atoms with E-state index >= 15 is 0 Å². The Morgan fingerprint density at radius 2 is 1.71 bits per heavy atom. The van der Waals surface area contributed by atoms with Gasteiger partial charge in [0.25, 0.3) is 5.91 Å². The molecule has 3 amide bonds. The zero-order valence-electron chi connectivity index (χ0n) is 22.4. The summed E-state index contributed by atoms with van der Waals surface area (Å²) in [5, 5.41) is 0.238. The summed E-state index contributed by atoms with van der Waals surface area (Å²) in [6, 6.07) is 11.4. The number of nitrogens with two attached hydrogens (primary N) is 1. The molecule has 0 unspecified atom stereocenters. The molecule has 0 atom stereocenters. The monoisotopic (exact) mass is 537 g/mol. The van der Waals surface area contributed by atoms with E-state index in [1.165, 1.54) is 5.56 Å². The van der Waals surface area contributed by atoms with Crippen LogP contribution in [0.1, 0.15) is 93.1 Å². The fourth-order valence-corrected chi connectivity index (χ4v) is 6.63. The van der Waals surface area contributed by atoms with Crippen molar-refractivity contribution in [2.45, 2.75) is 82.7 Å². The Labute approximate surface area is 229 Å². The van der Waals surface area contributed by atoms with Crippen molar-refractivity contribution in [3.63, 3.8) is 0 Å². The number of piperidine rings is 1. The summed E-state index contributed by atoms with van der Waals surface area (Å²) < 4.78 is 5.56. The lowest BCUT2D eigenvalue weighted by Gasteiger charge is -2.35. The largest absolute Gasteiger partial charge is 0.444 e. The van der Waals surface area contributed by atoms with Gasteiger partial charge in [-0.15, -0.1) is 0 Å². The van der Waals surface area contributed by atoms with Crippen LogP contribution < -0.4 is 10.6 Å². The number of amides is 3. The van der Waals surface area contributed by atoms with Gasteiger partial charge in [0.2, 0.25) is 5.91 Å². The van der Waals surface area contributed by atoms with Crippen LogP contribution in [0.4, 0.5) is 16.2 Å². The van der Waals surface area contributed by atoms with Crippen molar-refractivity contribution >= 4 is 40.9 Å². The molecule has 2 fully saturated rings. The van der Waals surface area contributed by atoms with Crippen molar-refractivity contribution in [3.8, 4) is 0 Å². The lowest BCUT2D eigenvalue weighted by molar-refractivity contribution is -0.123. The van der Waals surface area contributed by atoms with Crippen LogP contribution in [0.2, 0.25) is 5.02 Å². The molecule has 2 N–H and O–H groups in total. The van der Waals surface area contributed by atoms with Gasteiger partial charge in [-0.25, -0.2) is 4.79 Å². The highest BCUT2D eigenvalue weighted by Crippen LogP contribution is 2.54. The second-order valence-corrected chi connectivity index (χ2v) is 12.2. The van der Waals surface area contributed by atoms with Crippen LogP contribution in [-0.2, 0) is 14.9 Å². The lowest BCUT2D eigenvalue weighted by atomic mass is 9.69. The van der Waals surface area contributed by atoms with Gasteiger partial charge in [0.1, 0.15) is 5.60 Å². The van der Waals surface area contributed by atoms with E-state index in [0.29, 0.717) is 18.8 Å². The van der Waals surface area contributed by atoms with Crippen LogP contribution in [0.15, 0.2) is 36.4 Å². The predicted octanol–water partition coefficient (Wildman–Crippen LogP) is 6.43. The van der Waals surface area contributed by atoms with Gasteiger partial charge < -0.3 is 15.4 Å². The van der Waals surface area contributed by atoms with Crippen molar-refractivity contribution in [2.24, 2.45) is 5.73 Å². The standard InChI is InChI=1S/C30H36ClN3O4/c1-29(2,3)38-28(37)33-16-12-19(13-17-33)20-10-11-23-21(18-20)30(14-5-4-6-15-30)27(36)34(23)24-9-7-8-22(31)25(24)26(32)35/h7-11,18-19H,4-6,12-17H2,1-3H3,(H2,32,35). The average molecular weight is 538 g/mol. The van der Waals surface area contributed by atoms with Gasteiger partial charge in [-0.3, -0.25) is 14.5 Å². The van der Waals surface area contributed by atoms with Gasteiger partial charge in [0.15, 0.2) is 0 Å². The van der Waals surface area contributed by atoms with Crippen LogP contribution >= 0.6 is 11.6 Å². The van der Waals surface area contributed by atoms with Gasteiger partial charge >= 0.3 is 6.09 Å². The second kappa shape index (κ2) is 9.92. The number of rotatable bonds is 3. The van der Waals surface area contributed by atoms with Crippen LogP contribution in [-0.4, -0.2) is 41.5 Å². The molecule has 0 bridgehead atoms. The summed E-state index contributed by atoms with van der Waals surface area (Å²) in [6.07, 6.45) is 6.04. The highest BCUT2D eigenvalue weighted by molar-refractivity contribution is 6.35. The third kappa shape index (κ3) is 4.66. The first-order chi connectivity index (χ1) is 18.0. The van der Waals surface area contributed by atoms with E-state index in [0.717, 1.165) is 56.2 Å². The van der Waals surface area contributed by atoms with Crippen molar-refractivity contribution in [1.29, 1.82) is 0 Å². The number of likely N-dealkylation sites (tertiary alicyclic amines) is 1. The number of anilines is 2. The molecule has 2 aliphatic heterocycles. The molecular formula is C30H36ClN3O4. The maximum atomic E-state index is 14.2. The van der Waals surface area contributed by atoms with E-state index < -0.39 is 16.9 Å². The Balaban J connectivity index is 1.48. The van der Waals surface area contributed by atoms with Gasteiger partial charge in [-0.05, 0) is 81.7 Å². The minimum absolute atomic E-state index is 0.00568. The number of fused-ring (bicyclic) bond motifs is 2. The molecule has 2 heterocycles. The fraction of sp³-hybridized carbons (Fsp3) is 0.500. The van der Waals surface area contributed by atoms with Gasteiger partial charge in [-0.1, -0.05) is 49.1 Å². The lowest BCUT2D eigenvalue weighted by Crippen LogP contribution is -2.41. The van der Waals surface area contributed by atoms with Crippen molar-refractivity contribution in [2.75, 3.05) is 18.0 Å². The molecule has 0 radical (unpaired) electrons. The summed E-state index contributed by atoms with van der Waals surface area (Å²) >= 11 is 6.38. The first kappa shape index (κ1) is 26.5. The first-order valence-corrected chi connectivity index (χ1v) is 13.9. The molecule has 38 heavy (non-hydrogen) atoms. The molecule has 8 heteroatoms. The van der Waals surface area contributed by atoms with E-state index in [2.05, 4.69) is 12.1 Å². The number of benzene rings is 2. The fourth-order valence-electron chi connectivity index (χ4n) is 6.37. The molecular weight excluding hydrogens is 502 g/mol. The van der Waals surface area contributed by atoms with Crippen molar-refractivity contribution in [1.82, 2.24) is 4.90 Å². The molecule has 1 aliphatic carbocycles. The Morgan fingerprint density at radius 3 is 2.34 bits per heavy atom. The first-order valence-electron chi connectivity index (χ1n) is 13.6. The van der Waals surface area contributed by atoms with Crippen LogP contribution in [0.5, 0.6) is 0 Å². The molecule has 0 aromatic heterocycles. The molecule has 1 saturated carbocycles. The van der Waals surface area contributed by atoms with Crippen LogP contribution in [0.3, 0.4) is 0 Å². The zero-order chi connectivity index (χ0) is 27.2. The molecule has 2 aromatic rings. The van der Waals surface area contributed by atoms with Gasteiger partial charge in [0, 0.05) is 13.1 Å². The molecule has 1 saturated heterocycles. The molecule has 5 rings (SSSR count). The second-order valence-electron chi connectivity index (χ2n) is 11.8. The molecule has 7 nitrogen and oxygen atoms in total. The molecule has 3 aliphatic rings. The molecule has 2 aromatic carbocycles. The Bertz CT molecular complexity index is 1270. The summed E-state index contributed by atoms with van der Waals surface area (Å²) in [7, 11) is 0. The Hall–Kier alpha value is -3.06. The Morgan fingerprint density at radius 1 is 1.03 bits per heavy atom. The number of carbonyl (C=O) groups is 3. The SMILES string of the molecule is CC(C)(C)OC(=O)N1CCC(c2ccc3c(c2)C2(CCCCC2)C(=O)N3c2cccc(Cl)c2C(N)=O)CC1. The number of hydrogen-bond donors (Lipinski definition) is 1. The Kier molecular flexibility index (Phi) is 6.93. The summed E-state index contributed by atoms with van der Waals surface area (Å²) in [5.41, 5.74) is 8.21. The van der Waals surface area contributed by atoms with E-state index in [9.17, 15) is 14.4 Å². The summed E-state index contributed by atoms with van der Waals surface area (Å²) in [4.78, 5) is 42.6. The maximum Gasteiger partial charge on any atom is 0.410 e. The summed E-state index contributed by atoms with van der Waals surface area (Å²) in [5.74, 6) is -0.372. The minimum Gasteiger partial charge on any atom is -0.444 e. The topological polar surface area (TPSA) is 92.9 Å². The third-order valence-corrected chi connectivity index (χ3v) is 8.51. The predicted molar refractivity (Wildman–Crippen MR) is 148 cm³/mol. The van der Waals surface area contributed by atoms with E-state index in [1.54, 1.807) is 28.0 Å². The number of primary amides is 1. The average Bonchev–Trinajstić information content (AvgIpc) is 3.10. The minimum atomic E-state index is -0.655. The number of nitrogens with zero attached hydrogens (tertiary/aromatic N) is 2. The third-order valence-electron chi connectivity index (χ3n) is 8.19. The summed E-state index contributed by atoms with van der Waals surface area (Å²) in [6.45, 7) is 6.91. The quantitative estimate of drug-likeness (QED) is 0.488. The number of ether oxygens (including phenoxy) is 1. The van der Waals surface area contributed by atoms with Crippen LogP contribution in [0, 0.1) is 0 Å². The smallest absolute Gasteiger partial charge is 0.410 e. The van der Waals surface area contributed by atoms with E-state index in [4.69, 9.17) is 22.1 Å². The normalized spacial score (nSPS) is 19.5. The number of carbonyl (C=O) groups excluding carboxylic acids is 3. The van der Waals surface area contributed by atoms with Crippen molar-refractivity contribution in [3.05, 3.63) is 58.1 Å². The highest BCUT2D eigenvalue weighted by atomic mass is 35.5. The van der Waals surface area contributed by atoms with E-state index in [-0.39, 0.29) is 28.5 Å². The highest BCUT2D eigenvalue weighted by Gasteiger charge is 2.52. The van der Waals surface area contributed by atoms with Crippen LogP contribution in [0.25, 0.3) is 0 Å². The van der Waals surface area contributed by atoms with Gasteiger partial charge in [0.05, 0.1) is 27.4 Å².